The molecule has 1 aromatic carbocycles. The average Bonchev–Trinajstić information content (AvgIpc) is 2.46. The second-order valence-electron chi connectivity index (χ2n) is 4.18. The molecule has 114 valence electrons. The second-order valence-corrected chi connectivity index (χ2v) is 4.18. The molecule has 0 aliphatic carbocycles. The van der Waals surface area contributed by atoms with Crippen LogP contribution in [0.15, 0.2) is 36.4 Å². The molecule has 0 saturated carbocycles. The van der Waals surface area contributed by atoms with Crippen LogP contribution in [0.1, 0.15) is 17.3 Å². The predicted molar refractivity (Wildman–Crippen MR) is 75.5 cm³/mol. The van der Waals surface area contributed by atoms with Crippen molar-refractivity contribution in [3.8, 4) is 5.75 Å². The Labute approximate surface area is 122 Å². The Hall–Kier alpha value is -2.34. The van der Waals surface area contributed by atoms with Crippen molar-refractivity contribution in [2.24, 2.45) is 0 Å². The number of aromatic carboxylic acids is 1. The second kappa shape index (κ2) is 8.76. The SMILES string of the molecule is C=C(C)C(=O)OCCOCCOc1ccccc1C(=O)O. The molecule has 0 aliphatic rings. The van der Waals surface area contributed by atoms with Gasteiger partial charge in [0.2, 0.25) is 0 Å². The van der Waals surface area contributed by atoms with E-state index in [4.69, 9.17) is 19.3 Å². The van der Waals surface area contributed by atoms with Crippen LogP contribution in [-0.4, -0.2) is 43.5 Å². The van der Waals surface area contributed by atoms with Crippen LogP contribution in [0.3, 0.4) is 0 Å². The average molecular weight is 294 g/mol. The Bertz CT molecular complexity index is 509. The van der Waals surface area contributed by atoms with Gasteiger partial charge in [-0.05, 0) is 19.1 Å². The van der Waals surface area contributed by atoms with Gasteiger partial charge in [0, 0.05) is 5.57 Å². The van der Waals surface area contributed by atoms with Crippen LogP contribution < -0.4 is 4.74 Å². The van der Waals surface area contributed by atoms with Crippen LogP contribution >= 0.6 is 0 Å². The molecule has 0 saturated heterocycles. The minimum Gasteiger partial charge on any atom is -0.490 e. The predicted octanol–water partition coefficient (Wildman–Crippen LogP) is 1.90. The molecule has 0 spiro atoms. The maximum Gasteiger partial charge on any atom is 0.339 e. The van der Waals surface area contributed by atoms with Gasteiger partial charge in [0.1, 0.15) is 24.5 Å². The standard InChI is InChI=1S/C15H18O6/c1-11(2)15(18)21-10-8-19-7-9-20-13-6-4-3-5-12(13)14(16)17/h3-6H,1,7-10H2,2H3,(H,16,17). The highest BCUT2D eigenvalue weighted by Gasteiger charge is 2.09. The first kappa shape index (κ1) is 16.7. The van der Waals surface area contributed by atoms with E-state index >= 15 is 0 Å². The maximum atomic E-state index is 11.1. The van der Waals surface area contributed by atoms with Gasteiger partial charge in [-0.1, -0.05) is 18.7 Å². The smallest absolute Gasteiger partial charge is 0.339 e. The quantitative estimate of drug-likeness (QED) is 0.425. The lowest BCUT2D eigenvalue weighted by atomic mass is 10.2. The van der Waals surface area contributed by atoms with Gasteiger partial charge in [-0.3, -0.25) is 0 Å². The molecule has 6 heteroatoms. The number of ether oxygens (including phenoxy) is 3. The van der Waals surface area contributed by atoms with Crippen molar-refractivity contribution in [3.63, 3.8) is 0 Å². The molecule has 0 fully saturated rings. The third-order valence-corrected chi connectivity index (χ3v) is 2.41. The molecule has 0 atom stereocenters. The summed E-state index contributed by atoms with van der Waals surface area (Å²) in [5.41, 5.74) is 0.441. The van der Waals surface area contributed by atoms with E-state index in [0.717, 1.165) is 0 Å². The maximum absolute atomic E-state index is 11.1. The molecule has 0 aliphatic heterocycles. The summed E-state index contributed by atoms with van der Waals surface area (Å²) in [6.45, 7) is 5.87. The third kappa shape index (κ3) is 6.09. The molecule has 1 aromatic rings. The van der Waals surface area contributed by atoms with Gasteiger partial charge < -0.3 is 19.3 Å². The van der Waals surface area contributed by atoms with E-state index in [1.54, 1.807) is 25.1 Å². The number of benzene rings is 1. The molecule has 1 N–H and O–H groups in total. The summed E-state index contributed by atoms with van der Waals surface area (Å²) >= 11 is 0. The van der Waals surface area contributed by atoms with Crippen LogP contribution in [-0.2, 0) is 14.3 Å². The Morgan fingerprint density at radius 3 is 2.48 bits per heavy atom. The number of carboxylic acid groups (broad SMARTS) is 1. The van der Waals surface area contributed by atoms with Gasteiger partial charge in [-0.15, -0.1) is 0 Å². The minimum absolute atomic E-state index is 0.105. The highest BCUT2D eigenvalue weighted by atomic mass is 16.6. The highest BCUT2D eigenvalue weighted by Crippen LogP contribution is 2.17. The molecular formula is C15H18O6. The fourth-order valence-corrected chi connectivity index (χ4v) is 1.40. The number of carboxylic acids is 1. The molecule has 6 nitrogen and oxygen atoms in total. The summed E-state index contributed by atoms with van der Waals surface area (Å²) in [6, 6.07) is 6.37. The van der Waals surface area contributed by atoms with Crippen LogP contribution in [0, 0.1) is 0 Å². The topological polar surface area (TPSA) is 82.1 Å². The lowest BCUT2D eigenvalue weighted by molar-refractivity contribution is -0.140. The number of carbonyl (C=O) groups excluding carboxylic acids is 1. The Balaban J connectivity index is 2.19. The molecule has 21 heavy (non-hydrogen) atoms. The van der Waals surface area contributed by atoms with Crippen molar-refractivity contribution in [2.75, 3.05) is 26.4 Å². The van der Waals surface area contributed by atoms with Crippen LogP contribution in [0.2, 0.25) is 0 Å². The largest absolute Gasteiger partial charge is 0.490 e. The zero-order valence-electron chi connectivity index (χ0n) is 11.8. The number of rotatable bonds is 9. The van der Waals surface area contributed by atoms with E-state index in [-0.39, 0.29) is 32.0 Å². The summed E-state index contributed by atoms with van der Waals surface area (Å²) in [4.78, 5) is 22.0. The summed E-state index contributed by atoms with van der Waals surface area (Å²) in [5.74, 6) is -1.20. The number of hydrogen-bond acceptors (Lipinski definition) is 5. The molecule has 1 rings (SSSR count). The molecule has 0 unspecified atom stereocenters. The van der Waals surface area contributed by atoms with Crippen LogP contribution in [0.25, 0.3) is 0 Å². The van der Waals surface area contributed by atoms with Crippen molar-refractivity contribution >= 4 is 11.9 Å². The van der Waals surface area contributed by atoms with E-state index in [1.165, 1.54) is 6.07 Å². The minimum atomic E-state index is -1.04. The molecule has 0 heterocycles. The zero-order valence-corrected chi connectivity index (χ0v) is 11.8. The van der Waals surface area contributed by atoms with Crippen molar-refractivity contribution in [2.45, 2.75) is 6.92 Å². The summed E-state index contributed by atoms with van der Waals surface area (Å²) in [7, 11) is 0. The third-order valence-electron chi connectivity index (χ3n) is 2.41. The van der Waals surface area contributed by atoms with E-state index in [1.807, 2.05) is 0 Å². The summed E-state index contributed by atoms with van der Waals surface area (Å²) in [5, 5.41) is 8.97. The van der Waals surface area contributed by atoms with Crippen LogP contribution in [0.5, 0.6) is 5.75 Å². The van der Waals surface area contributed by atoms with Crippen molar-refractivity contribution in [1.29, 1.82) is 0 Å². The fraction of sp³-hybridized carbons (Fsp3) is 0.333. The van der Waals surface area contributed by atoms with Crippen LogP contribution in [0.4, 0.5) is 0 Å². The van der Waals surface area contributed by atoms with Gasteiger partial charge >= 0.3 is 11.9 Å². The number of para-hydroxylation sites is 1. The highest BCUT2D eigenvalue weighted by molar-refractivity contribution is 5.90. The number of carbonyl (C=O) groups is 2. The molecule has 0 radical (unpaired) electrons. The monoisotopic (exact) mass is 294 g/mol. The lowest BCUT2D eigenvalue weighted by Gasteiger charge is -2.09. The summed E-state index contributed by atoms with van der Waals surface area (Å²) < 4.78 is 15.4. The molecule has 0 amide bonds. The van der Waals surface area contributed by atoms with Crippen molar-refractivity contribution < 1.29 is 28.9 Å². The van der Waals surface area contributed by atoms with Gasteiger partial charge in [0.05, 0.1) is 13.2 Å². The van der Waals surface area contributed by atoms with E-state index in [2.05, 4.69) is 6.58 Å². The van der Waals surface area contributed by atoms with E-state index in [9.17, 15) is 9.59 Å². The van der Waals surface area contributed by atoms with Crippen molar-refractivity contribution in [1.82, 2.24) is 0 Å². The normalized spacial score (nSPS) is 9.95. The Morgan fingerprint density at radius 1 is 1.14 bits per heavy atom. The van der Waals surface area contributed by atoms with Gasteiger partial charge in [-0.25, -0.2) is 9.59 Å². The molecule has 0 bridgehead atoms. The first-order chi connectivity index (χ1) is 10.0. The Morgan fingerprint density at radius 2 is 1.81 bits per heavy atom. The van der Waals surface area contributed by atoms with E-state index in [0.29, 0.717) is 11.3 Å². The van der Waals surface area contributed by atoms with Crippen molar-refractivity contribution in [3.05, 3.63) is 42.0 Å². The summed E-state index contributed by atoms with van der Waals surface area (Å²) in [6.07, 6.45) is 0. The zero-order chi connectivity index (χ0) is 15.7. The Kier molecular flexibility index (Phi) is 6.97. The van der Waals surface area contributed by atoms with Gasteiger partial charge in [-0.2, -0.15) is 0 Å². The first-order valence-corrected chi connectivity index (χ1v) is 6.38. The van der Waals surface area contributed by atoms with E-state index < -0.39 is 11.9 Å². The molecule has 0 aromatic heterocycles. The molecular weight excluding hydrogens is 276 g/mol. The number of esters is 1. The van der Waals surface area contributed by atoms with Gasteiger partial charge in [0.15, 0.2) is 0 Å². The first-order valence-electron chi connectivity index (χ1n) is 6.38. The number of hydrogen-bond donors (Lipinski definition) is 1. The fourth-order valence-electron chi connectivity index (χ4n) is 1.40. The lowest BCUT2D eigenvalue weighted by Crippen LogP contribution is -2.14. The van der Waals surface area contributed by atoms with Gasteiger partial charge in [0.25, 0.3) is 0 Å².